The second kappa shape index (κ2) is 4.68. The summed E-state index contributed by atoms with van der Waals surface area (Å²) in [5.74, 6) is 0. The predicted molar refractivity (Wildman–Crippen MR) is 77.5 cm³/mol. The van der Waals surface area contributed by atoms with Gasteiger partial charge in [0.05, 0.1) is 16.3 Å². The molecule has 0 aliphatic heterocycles. The van der Waals surface area contributed by atoms with E-state index in [1.54, 1.807) is 19.1 Å². The van der Waals surface area contributed by atoms with Gasteiger partial charge in [0.1, 0.15) is 0 Å². The summed E-state index contributed by atoms with van der Waals surface area (Å²) in [6, 6.07) is 5.10. The third-order valence-corrected chi connectivity index (χ3v) is 5.06. The fraction of sp³-hybridized carbons (Fsp3) is 0.538. The van der Waals surface area contributed by atoms with Crippen LogP contribution in [-0.2, 0) is 10.0 Å². The monoisotopic (exact) mass is 283 g/mol. The zero-order valence-electron chi connectivity index (χ0n) is 11.5. The number of rotatable bonds is 5. The lowest BCUT2D eigenvalue weighted by Crippen LogP contribution is -2.23. The minimum absolute atomic E-state index is 0.240. The van der Waals surface area contributed by atoms with E-state index in [2.05, 4.69) is 23.9 Å². The summed E-state index contributed by atoms with van der Waals surface area (Å²) in [6.45, 7) is 6.45. The van der Waals surface area contributed by atoms with Crippen LogP contribution in [0.4, 0.5) is 11.4 Å². The molecule has 0 bridgehead atoms. The molecule has 1 fully saturated rings. The van der Waals surface area contributed by atoms with Crippen LogP contribution < -0.4 is 15.8 Å². The summed E-state index contributed by atoms with van der Waals surface area (Å²) in [6.07, 6.45) is 1.07. The largest absolute Gasteiger partial charge is 0.397 e. The summed E-state index contributed by atoms with van der Waals surface area (Å²) >= 11 is 0. The van der Waals surface area contributed by atoms with Crippen LogP contribution in [0.25, 0.3) is 0 Å². The molecular weight excluding hydrogens is 262 g/mol. The number of hydrogen-bond donors (Lipinski definition) is 3. The Labute approximate surface area is 114 Å². The van der Waals surface area contributed by atoms with Gasteiger partial charge in [-0.1, -0.05) is 20.8 Å². The molecule has 0 saturated heterocycles. The van der Waals surface area contributed by atoms with Gasteiger partial charge in [-0.3, -0.25) is 0 Å². The minimum Gasteiger partial charge on any atom is -0.397 e. The van der Waals surface area contributed by atoms with Crippen LogP contribution in [0.5, 0.6) is 0 Å². The van der Waals surface area contributed by atoms with Crippen LogP contribution in [0.15, 0.2) is 23.1 Å². The maximum Gasteiger partial charge on any atom is 0.240 e. The van der Waals surface area contributed by atoms with E-state index in [0.29, 0.717) is 24.0 Å². The average Bonchev–Trinajstić information content (AvgIpc) is 2.89. The molecule has 1 atom stereocenters. The summed E-state index contributed by atoms with van der Waals surface area (Å²) < 4.78 is 26.4. The number of nitrogen functional groups attached to an aromatic ring is 1. The smallest absolute Gasteiger partial charge is 0.240 e. The van der Waals surface area contributed by atoms with Crippen molar-refractivity contribution >= 4 is 21.4 Å². The zero-order chi connectivity index (χ0) is 14.3. The predicted octanol–water partition coefficient (Wildman–Crippen LogP) is 1.78. The molecule has 2 rings (SSSR count). The number of nitrogens with one attached hydrogen (secondary N) is 2. The molecule has 0 heterocycles. The lowest BCUT2D eigenvalue weighted by Gasteiger charge is -2.13. The van der Waals surface area contributed by atoms with Gasteiger partial charge in [-0.15, -0.1) is 0 Å². The van der Waals surface area contributed by atoms with E-state index in [0.717, 1.165) is 6.42 Å². The van der Waals surface area contributed by atoms with Crippen molar-refractivity contribution < 1.29 is 8.42 Å². The number of hydrogen-bond acceptors (Lipinski definition) is 4. The van der Waals surface area contributed by atoms with Crippen molar-refractivity contribution in [2.45, 2.75) is 38.1 Å². The van der Waals surface area contributed by atoms with Crippen molar-refractivity contribution in [2.75, 3.05) is 17.6 Å². The quantitative estimate of drug-likeness (QED) is 0.719. The van der Waals surface area contributed by atoms with Crippen molar-refractivity contribution in [3.05, 3.63) is 18.2 Å². The second-order valence-corrected chi connectivity index (χ2v) is 7.41. The summed E-state index contributed by atoms with van der Waals surface area (Å²) in [4.78, 5) is 0.240. The van der Waals surface area contributed by atoms with Gasteiger partial charge in [0.15, 0.2) is 0 Å². The highest BCUT2D eigenvalue weighted by atomic mass is 32.2. The Bertz CT molecular complexity index is 582. The van der Waals surface area contributed by atoms with Crippen molar-refractivity contribution in [2.24, 2.45) is 5.41 Å². The minimum atomic E-state index is -3.44. The summed E-state index contributed by atoms with van der Waals surface area (Å²) in [7, 11) is -3.44. The lowest BCUT2D eigenvalue weighted by molar-refractivity contribution is 0.584. The van der Waals surface area contributed by atoms with E-state index in [1.807, 2.05) is 0 Å². The van der Waals surface area contributed by atoms with Crippen LogP contribution in [-0.4, -0.2) is 21.0 Å². The van der Waals surface area contributed by atoms with Crippen LogP contribution in [0.3, 0.4) is 0 Å². The molecule has 1 unspecified atom stereocenters. The highest BCUT2D eigenvalue weighted by molar-refractivity contribution is 7.89. The molecule has 1 aromatic rings. The molecule has 6 heteroatoms. The second-order valence-electron chi connectivity index (χ2n) is 5.64. The summed E-state index contributed by atoms with van der Waals surface area (Å²) in [5, 5.41) is 3.31. The number of benzene rings is 1. The fourth-order valence-corrected chi connectivity index (χ4v) is 3.07. The summed E-state index contributed by atoms with van der Waals surface area (Å²) in [5.41, 5.74) is 7.40. The maximum absolute atomic E-state index is 11.9. The van der Waals surface area contributed by atoms with Gasteiger partial charge in [0.25, 0.3) is 0 Å². The maximum atomic E-state index is 11.9. The first-order valence-electron chi connectivity index (χ1n) is 6.42. The van der Waals surface area contributed by atoms with Gasteiger partial charge >= 0.3 is 0 Å². The molecular formula is C13H21N3O2S. The van der Waals surface area contributed by atoms with Crippen LogP contribution >= 0.6 is 0 Å². The lowest BCUT2D eigenvalue weighted by atomic mass is 10.2. The number of sulfonamides is 1. The van der Waals surface area contributed by atoms with E-state index in [1.165, 1.54) is 6.07 Å². The molecule has 0 aromatic heterocycles. The molecule has 1 saturated carbocycles. The van der Waals surface area contributed by atoms with Crippen LogP contribution in [0, 0.1) is 5.41 Å². The van der Waals surface area contributed by atoms with E-state index >= 15 is 0 Å². The first-order valence-corrected chi connectivity index (χ1v) is 7.90. The van der Waals surface area contributed by atoms with E-state index in [9.17, 15) is 8.42 Å². The Hall–Kier alpha value is -1.27. The first kappa shape index (κ1) is 14.1. The van der Waals surface area contributed by atoms with Crippen molar-refractivity contribution in [3.8, 4) is 0 Å². The Kier molecular flexibility index (Phi) is 3.49. The van der Waals surface area contributed by atoms with E-state index in [4.69, 9.17) is 5.73 Å². The van der Waals surface area contributed by atoms with Crippen LogP contribution in [0.1, 0.15) is 27.2 Å². The van der Waals surface area contributed by atoms with Crippen molar-refractivity contribution in [1.82, 2.24) is 4.72 Å². The third kappa shape index (κ3) is 3.01. The molecule has 1 aliphatic carbocycles. The Morgan fingerprint density at radius 1 is 1.42 bits per heavy atom. The average molecular weight is 283 g/mol. The standard InChI is InChI=1S/C13H21N3O2S/c1-4-15-19(17,18)9-5-6-10(14)11(7-9)16-12-8-13(12,2)3/h5-7,12,15-16H,4,8,14H2,1-3H3. The highest BCUT2D eigenvalue weighted by Gasteiger charge is 2.45. The number of anilines is 2. The Morgan fingerprint density at radius 3 is 2.58 bits per heavy atom. The fourth-order valence-electron chi connectivity index (χ4n) is 2.00. The molecule has 1 aliphatic rings. The van der Waals surface area contributed by atoms with Crippen molar-refractivity contribution in [1.29, 1.82) is 0 Å². The van der Waals surface area contributed by atoms with Crippen LogP contribution in [0.2, 0.25) is 0 Å². The molecule has 5 nitrogen and oxygen atoms in total. The van der Waals surface area contributed by atoms with Gasteiger partial charge in [-0.25, -0.2) is 13.1 Å². The van der Waals surface area contributed by atoms with Gasteiger partial charge in [0.2, 0.25) is 10.0 Å². The van der Waals surface area contributed by atoms with Gasteiger partial charge < -0.3 is 11.1 Å². The Morgan fingerprint density at radius 2 is 2.05 bits per heavy atom. The van der Waals surface area contributed by atoms with Gasteiger partial charge in [-0.2, -0.15) is 0 Å². The number of nitrogens with two attached hydrogens (primary N) is 1. The zero-order valence-corrected chi connectivity index (χ0v) is 12.3. The van der Waals surface area contributed by atoms with E-state index < -0.39 is 10.0 Å². The molecule has 106 valence electrons. The molecule has 0 amide bonds. The SMILES string of the molecule is CCNS(=O)(=O)c1ccc(N)c(NC2CC2(C)C)c1. The third-order valence-electron chi connectivity index (χ3n) is 3.51. The van der Waals surface area contributed by atoms with Gasteiger partial charge in [0, 0.05) is 12.6 Å². The highest BCUT2D eigenvalue weighted by Crippen LogP contribution is 2.47. The molecule has 19 heavy (non-hydrogen) atoms. The molecule has 4 N–H and O–H groups in total. The van der Waals surface area contributed by atoms with Crippen molar-refractivity contribution in [3.63, 3.8) is 0 Å². The topological polar surface area (TPSA) is 84.2 Å². The molecule has 0 radical (unpaired) electrons. The van der Waals surface area contributed by atoms with E-state index in [-0.39, 0.29) is 10.3 Å². The molecule has 1 aromatic carbocycles. The molecule has 0 spiro atoms. The van der Waals surface area contributed by atoms with Gasteiger partial charge in [-0.05, 0) is 30.0 Å². The normalized spacial score (nSPS) is 21.1. The Balaban J connectivity index is 2.25. The first-order chi connectivity index (χ1) is 8.76.